The summed E-state index contributed by atoms with van der Waals surface area (Å²) >= 11 is 4.52. The molecule has 2 unspecified atom stereocenters. The lowest BCUT2D eigenvalue weighted by Crippen LogP contribution is -2.38. The van der Waals surface area contributed by atoms with Crippen LogP contribution in [0.5, 0.6) is 5.75 Å². The second-order valence-electron chi connectivity index (χ2n) is 5.82. The highest BCUT2D eigenvalue weighted by Crippen LogP contribution is 2.45. The Morgan fingerprint density at radius 1 is 1.38 bits per heavy atom. The number of thiol groups is 1. The fraction of sp³-hybridized carbons (Fsp3) is 0.529. The third-order valence-electron chi connectivity index (χ3n) is 4.14. The van der Waals surface area contributed by atoms with Crippen LogP contribution in [0.1, 0.15) is 44.9 Å². The van der Waals surface area contributed by atoms with Crippen molar-refractivity contribution < 1.29 is 14.3 Å². The summed E-state index contributed by atoms with van der Waals surface area (Å²) in [5.41, 5.74) is 2.10. The number of nitrogens with one attached hydrogen (secondary N) is 2. The summed E-state index contributed by atoms with van der Waals surface area (Å²) in [6.07, 6.45) is 0.257. The second-order valence-corrected chi connectivity index (χ2v) is 6.44. The van der Waals surface area contributed by atoms with Gasteiger partial charge >= 0.3 is 5.97 Å². The minimum Gasteiger partial charge on any atom is -0.424 e. The number of anilines is 2. The van der Waals surface area contributed by atoms with E-state index in [1.807, 2.05) is 12.1 Å². The van der Waals surface area contributed by atoms with Crippen LogP contribution in [-0.2, 0) is 9.59 Å². The molecule has 1 heterocycles. The van der Waals surface area contributed by atoms with Crippen LogP contribution in [0.4, 0.5) is 11.4 Å². The number of hydrogen-bond donors (Lipinski definition) is 3. The minimum atomic E-state index is -0.319. The average molecular weight is 351 g/mol. The van der Waals surface area contributed by atoms with Gasteiger partial charge in [-0.15, -0.1) is 0 Å². The van der Waals surface area contributed by atoms with Crippen LogP contribution in [0.15, 0.2) is 12.1 Å². The Kier molecular flexibility index (Phi) is 6.12. The van der Waals surface area contributed by atoms with Crippen LogP contribution in [0.2, 0.25) is 0 Å². The van der Waals surface area contributed by atoms with Crippen molar-refractivity contribution in [2.24, 2.45) is 0 Å². The lowest BCUT2D eigenvalue weighted by Gasteiger charge is -2.31. The average Bonchev–Trinajstić information content (AvgIpc) is 2.49. The number of fused-ring (bicyclic) bond motifs is 1. The molecule has 1 aliphatic heterocycles. The zero-order chi connectivity index (χ0) is 17.9. The Bertz CT molecular complexity index is 632. The summed E-state index contributed by atoms with van der Waals surface area (Å²) in [7, 11) is 0. The van der Waals surface area contributed by atoms with Gasteiger partial charge in [-0.2, -0.15) is 12.6 Å². The summed E-state index contributed by atoms with van der Waals surface area (Å²) in [6, 6.07) is 3.64. The van der Waals surface area contributed by atoms with E-state index in [1.54, 1.807) is 0 Å². The molecule has 2 rings (SSSR count). The van der Waals surface area contributed by atoms with E-state index in [0.717, 1.165) is 24.3 Å². The quantitative estimate of drug-likeness (QED) is 0.318. The molecule has 132 valence electrons. The maximum absolute atomic E-state index is 11.9. The molecule has 24 heavy (non-hydrogen) atoms. The molecule has 7 heteroatoms. The highest BCUT2D eigenvalue weighted by atomic mass is 32.1. The van der Waals surface area contributed by atoms with Crippen LogP contribution in [0.3, 0.4) is 0 Å². The molecule has 0 saturated carbocycles. The van der Waals surface area contributed by atoms with Crippen molar-refractivity contribution in [3.63, 3.8) is 0 Å². The van der Waals surface area contributed by atoms with Crippen LogP contribution < -0.4 is 15.4 Å². The summed E-state index contributed by atoms with van der Waals surface area (Å²) in [4.78, 5) is 25.5. The van der Waals surface area contributed by atoms with Crippen molar-refractivity contribution in [3.05, 3.63) is 17.7 Å². The number of benzene rings is 1. The summed E-state index contributed by atoms with van der Waals surface area (Å²) in [6.45, 7) is 9.52. The zero-order valence-corrected chi connectivity index (χ0v) is 15.4. The number of ether oxygens (including phenoxy) is 1. The smallest absolute Gasteiger partial charge is 0.312 e. The van der Waals surface area contributed by atoms with Crippen molar-refractivity contribution in [3.8, 4) is 5.75 Å². The summed E-state index contributed by atoms with van der Waals surface area (Å²) < 4.78 is 5.48. The van der Waals surface area contributed by atoms with E-state index in [0.29, 0.717) is 11.4 Å². The maximum Gasteiger partial charge on any atom is 0.312 e. The normalized spacial score (nSPS) is 17.9. The predicted molar refractivity (Wildman–Crippen MR) is 98.7 cm³/mol. The third kappa shape index (κ3) is 4.02. The number of hydrogen-bond acceptors (Lipinski definition) is 6. The van der Waals surface area contributed by atoms with Gasteiger partial charge in [0.1, 0.15) is 0 Å². The van der Waals surface area contributed by atoms with Crippen molar-refractivity contribution in [2.75, 3.05) is 23.7 Å². The first-order chi connectivity index (χ1) is 11.4. The minimum absolute atomic E-state index is 0.0784. The van der Waals surface area contributed by atoms with Gasteiger partial charge in [-0.1, -0.05) is 13.8 Å². The number of carbonyl (C=O) groups is 2. The Morgan fingerprint density at radius 3 is 2.58 bits per heavy atom. The number of carbonyl (C=O) groups excluding carboxylic acids is 2. The zero-order valence-electron chi connectivity index (χ0n) is 14.5. The first kappa shape index (κ1) is 18.6. The van der Waals surface area contributed by atoms with Gasteiger partial charge in [0, 0.05) is 23.4 Å². The molecule has 0 aromatic heterocycles. The largest absolute Gasteiger partial charge is 0.424 e. The van der Waals surface area contributed by atoms with E-state index in [9.17, 15) is 9.59 Å². The van der Waals surface area contributed by atoms with Gasteiger partial charge in [-0.05, 0) is 32.1 Å². The molecule has 0 aliphatic carbocycles. The Hall–Kier alpha value is -1.73. The Labute approximate surface area is 148 Å². The van der Waals surface area contributed by atoms with Gasteiger partial charge in [0.25, 0.3) is 0 Å². The topological polar surface area (TPSA) is 70.7 Å². The molecule has 1 aliphatic rings. The Balaban J connectivity index is 2.41. The first-order valence-electron chi connectivity index (χ1n) is 8.21. The van der Waals surface area contributed by atoms with E-state index in [1.165, 1.54) is 6.92 Å². The molecule has 0 radical (unpaired) electrons. The molecular weight excluding hydrogens is 326 g/mol. The molecule has 0 bridgehead atoms. The van der Waals surface area contributed by atoms with Gasteiger partial charge in [0.2, 0.25) is 5.91 Å². The van der Waals surface area contributed by atoms with E-state index < -0.39 is 0 Å². The highest BCUT2D eigenvalue weighted by Gasteiger charge is 2.30. The molecule has 0 saturated heterocycles. The molecule has 0 fully saturated rings. The van der Waals surface area contributed by atoms with Crippen LogP contribution in [0.25, 0.3) is 0 Å². The van der Waals surface area contributed by atoms with Crippen molar-refractivity contribution >= 4 is 35.9 Å². The number of amides is 1. The fourth-order valence-corrected chi connectivity index (χ4v) is 3.36. The lowest BCUT2D eigenvalue weighted by molar-refractivity contribution is -0.135. The fourth-order valence-electron chi connectivity index (χ4n) is 2.96. The van der Waals surface area contributed by atoms with Gasteiger partial charge in [0.05, 0.1) is 18.3 Å². The van der Waals surface area contributed by atoms with Gasteiger partial charge < -0.3 is 15.4 Å². The molecule has 1 aromatic carbocycles. The molecule has 6 nitrogen and oxygen atoms in total. The van der Waals surface area contributed by atoms with E-state index in [2.05, 4.69) is 48.9 Å². The molecular formula is C17H25N3O3S. The molecule has 2 N–H and O–H groups in total. The van der Waals surface area contributed by atoms with Gasteiger partial charge in [-0.25, -0.2) is 0 Å². The summed E-state index contributed by atoms with van der Waals surface area (Å²) in [5, 5.41) is 5.87. The van der Waals surface area contributed by atoms with Crippen LogP contribution in [0, 0.1) is 0 Å². The predicted octanol–water partition coefficient (Wildman–Crippen LogP) is 3.02. The van der Waals surface area contributed by atoms with Crippen LogP contribution in [-0.4, -0.2) is 36.0 Å². The standard InChI is InChI=1S/C17H25N3O3S/c1-5-20(6-2)10(3)18-13-8-7-12(19-11(4)21)16-14(24)9-15(22)23-17(13)16/h7-8,10,14,18,24H,5-6,9H2,1-4H3,(H,19,21). The number of esters is 1. The number of nitrogens with zero attached hydrogens (tertiary/aromatic N) is 1. The molecule has 1 amide bonds. The summed E-state index contributed by atoms with van der Waals surface area (Å²) in [5.74, 6) is -0.0376. The SMILES string of the molecule is CCN(CC)C(C)Nc1ccc(NC(C)=O)c2c1OC(=O)CC2S. The molecule has 0 spiro atoms. The maximum atomic E-state index is 11.9. The van der Waals surface area contributed by atoms with E-state index >= 15 is 0 Å². The van der Waals surface area contributed by atoms with E-state index in [-0.39, 0.29) is 29.7 Å². The third-order valence-corrected chi connectivity index (χ3v) is 4.58. The molecule has 2 atom stereocenters. The number of rotatable bonds is 6. The second kappa shape index (κ2) is 7.90. The monoisotopic (exact) mass is 351 g/mol. The van der Waals surface area contributed by atoms with Gasteiger partial charge in [-0.3, -0.25) is 14.5 Å². The van der Waals surface area contributed by atoms with Crippen molar-refractivity contribution in [1.29, 1.82) is 0 Å². The van der Waals surface area contributed by atoms with E-state index in [4.69, 9.17) is 4.74 Å². The first-order valence-corrected chi connectivity index (χ1v) is 8.72. The van der Waals surface area contributed by atoms with Gasteiger partial charge in [0.15, 0.2) is 5.75 Å². The Morgan fingerprint density at radius 2 is 2.00 bits per heavy atom. The molecule has 1 aromatic rings. The van der Waals surface area contributed by atoms with Crippen molar-refractivity contribution in [2.45, 2.75) is 45.5 Å². The highest BCUT2D eigenvalue weighted by molar-refractivity contribution is 7.80. The van der Waals surface area contributed by atoms with Crippen LogP contribution >= 0.6 is 12.6 Å². The van der Waals surface area contributed by atoms with Crippen molar-refractivity contribution in [1.82, 2.24) is 4.90 Å². The lowest BCUT2D eigenvalue weighted by atomic mass is 10.0.